The lowest BCUT2D eigenvalue weighted by molar-refractivity contribution is -0.137. The molecule has 0 aliphatic carbocycles. The predicted octanol–water partition coefficient (Wildman–Crippen LogP) is 4.99. The summed E-state index contributed by atoms with van der Waals surface area (Å²) in [4.78, 5) is 11.6. The van der Waals surface area contributed by atoms with Gasteiger partial charge in [-0.3, -0.25) is 4.79 Å². The highest BCUT2D eigenvalue weighted by molar-refractivity contribution is 9.10. The van der Waals surface area contributed by atoms with Crippen molar-refractivity contribution in [2.75, 3.05) is 10.6 Å². The van der Waals surface area contributed by atoms with E-state index in [-0.39, 0.29) is 4.99 Å². The Balaban J connectivity index is 2.14. The van der Waals surface area contributed by atoms with E-state index in [0.29, 0.717) is 11.8 Å². The summed E-state index contributed by atoms with van der Waals surface area (Å²) in [6.45, 7) is 0. The van der Waals surface area contributed by atoms with Gasteiger partial charge in [-0.25, -0.2) is 4.39 Å². The molecule has 0 saturated carbocycles. The largest absolute Gasteiger partial charge is 0.418 e. The molecule has 2 aromatic carbocycles. The number of rotatable bonds is 2. The molecule has 0 fully saturated rings. The number of nitrogens with one attached hydrogen (secondary N) is 2. The van der Waals surface area contributed by atoms with Crippen LogP contribution in [0.1, 0.15) is 5.56 Å². The Kier molecular flexibility index (Phi) is 5.55. The van der Waals surface area contributed by atoms with Crippen LogP contribution >= 0.6 is 28.1 Å². The van der Waals surface area contributed by atoms with Crippen LogP contribution < -0.4 is 10.6 Å². The summed E-state index contributed by atoms with van der Waals surface area (Å²) in [6, 6.07) is 8.61. The van der Waals surface area contributed by atoms with E-state index in [9.17, 15) is 22.4 Å². The van der Waals surface area contributed by atoms with Gasteiger partial charge < -0.3 is 10.6 Å². The summed E-state index contributed by atoms with van der Waals surface area (Å²) in [6.07, 6.45) is -4.81. The standard InChI is InChI=1S/C15H9BrF4N2OS/c16-8-1-4-10(5-2-8)21-14(24)13(23)22-12-6-3-9(17)7-11(12)15(18,19)20/h1-7H,(H,21,24)(H,22,23). The minimum atomic E-state index is -4.81. The van der Waals surface area contributed by atoms with Crippen LogP contribution in [-0.2, 0) is 11.0 Å². The van der Waals surface area contributed by atoms with Crippen molar-refractivity contribution in [1.29, 1.82) is 0 Å². The third-order valence-electron chi connectivity index (χ3n) is 2.84. The third-order valence-corrected chi connectivity index (χ3v) is 3.66. The Morgan fingerprint density at radius 3 is 2.25 bits per heavy atom. The zero-order valence-electron chi connectivity index (χ0n) is 11.7. The number of amides is 1. The topological polar surface area (TPSA) is 41.1 Å². The normalized spacial score (nSPS) is 11.0. The number of halogens is 5. The molecule has 0 unspecified atom stereocenters. The van der Waals surface area contributed by atoms with E-state index >= 15 is 0 Å². The molecule has 0 spiro atoms. The Bertz CT molecular complexity index is 778. The van der Waals surface area contributed by atoms with Crippen LogP contribution in [-0.4, -0.2) is 10.9 Å². The number of alkyl halides is 3. The van der Waals surface area contributed by atoms with Gasteiger partial charge >= 0.3 is 6.18 Å². The van der Waals surface area contributed by atoms with Gasteiger partial charge in [-0.15, -0.1) is 0 Å². The molecule has 2 aromatic rings. The first-order valence-corrected chi connectivity index (χ1v) is 7.61. The minimum Gasteiger partial charge on any atom is -0.342 e. The number of benzene rings is 2. The van der Waals surface area contributed by atoms with Crippen LogP contribution in [0, 0.1) is 5.82 Å². The first kappa shape index (κ1) is 18.3. The van der Waals surface area contributed by atoms with E-state index in [1.165, 1.54) is 0 Å². The van der Waals surface area contributed by atoms with Gasteiger partial charge in [-0.2, -0.15) is 13.2 Å². The molecule has 0 aliphatic rings. The number of hydrogen-bond donors (Lipinski definition) is 2. The smallest absolute Gasteiger partial charge is 0.342 e. The molecule has 3 nitrogen and oxygen atoms in total. The summed E-state index contributed by atoms with van der Waals surface area (Å²) in [5, 5.41) is 4.64. The van der Waals surface area contributed by atoms with E-state index in [4.69, 9.17) is 12.2 Å². The van der Waals surface area contributed by atoms with E-state index in [0.717, 1.165) is 16.6 Å². The monoisotopic (exact) mass is 420 g/mol. The average molecular weight is 421 g/mol. The maximum atomic E-state index is 13.0. The Hall–Kier alpha value is -2.00. The van der Waals surface area contributed by atoms with Crippen molar-refractivity contribution < 1.29 is 22.4 Å². The molecule has 0 atom stereocenters. The molecule has 0 aromatic heterocycles. The van der Waals surface area contributed by atoms with Crippen molar-refractivity contribution in [3.63, 3.8) is 0 Å². The number of anilines is 2. The van der Waals surface area contributed by atoms with Gasteiger partial charge in [-0.1, -0.05) is 28.1 Å². The van der Waals surface area contributed by atoms with E-state index < -0.39 is 29.2 Å². The molecule has 0 heterocycles. The van der Waals surface area contributed by atoms with Gasteiger partial charge in [0, 0.05) is 10.2 Å². The van der Waals surface area contributed by atoms with E-state index in [2.05, 4.69) is 21.2 Å². The summed E-state index contributed by atoms with van der Waals surface area (Å²) < 4.78 is 52.5. The fraction of sp³-hybridized carbons (Fsp3) is 0.0667. The molecule has 0 saturated heterocycles. The zero-order valence-corrected chi connectivity index (χ0v) is 14.2. The van der Waals surface area contributed by atoms with Crippen LogP contribution in [0.5, 0.6) is 0 Å². The van der Waals surface area contributed by atoms with Crippen molar-refractivity contribution in [1.82, 2.24) is 0 Å². The van der Waals surface area contributed by atoms with Crippen LogP contribution in [0.15, 0.2) is 46.9 Å². The fourth-order valence-electron chi connectivity index (χ4n) is 1.76. The number of hydrogen-bond acceptors (Lipinski definition) is 2. The Morgan fingerprint density at radius 2 is 1.67 bits per heavy atom. The highest BCUT2D eigenvalue weighted by atomic mass is 79.9. The van der Waals surface area contributed by atoms with Crippen molar-refractivity contribution in [3.8, 4) is 0 Å². The molecule has 9 heteroatoms. The van der Waals surface area contributed by atoms with Crippen LogP contribution in [0.4, 0.5) is 28.9 Å². The summed E-state index contributed by atoms with van der Waals surface area (Å²) in [5.41, 5.74) is -1.37. The number of thiocarbonyl (C=S) groups is 1. The molecule has 0 radical (unpaired) electrons. The third kappa shape index (κ3) is 4.75. The van der Waals surface area contributed by atoms with Gasteiger partial charge in [0.2, 0.25) is 0 Å². The van der Waals surface area contributed by atoms with Crippen molar-refractivity contribution in [2.24, 2.45) is 0 Å². The van der Waals surface area contributed by atoms with Crippen molar-refractivity contribution in [3.05, 3.63) is 58.3 Å². The van der Waals surface area contributed by atoms with Crippen molar-refractivity contribution in [2.45, 2.75) is 6.18 Å². The average Bonchev–Trinajstić information content (AvgIpc) is 2.50. The first-order chi connectivity index (χ1) is 11.2. The lowest BCUT2D eigenvalue weighted by atomic mass is 10.1. The SMILES string of the molecule is O=C(Nc1ccc(F)cc1C(F)(F)F)C(=S)Nc1ccc(Br)cc1. The van der Waals surface area contributed by atoms with E-state index in [1.807, 2.05) is 5.32 Å². The Labute approximate surface area is 148 Å². The summed E-state index contributed by atoms with van der Waals surface area (Å²) >= 11 is 8.10. The minimum absolute atomic E-state index is 0.306. The molecule has 2 N–H and O–H groups in total. The lowest BCUT2D eigenvalue weighted by Gasteiger charge is -2.14. The Morgan fingerprint density at radius 1 is 1.04 bits per heavy atom. The maximum absolute atomic E-state index is 13.0. The van der Waals surface area contributed by atoms with Gasteiger partial charge in [0.05, 0.1) is 11.3 Å². The second kappa shape index (κ2) is 7.27. The highest BCUT2D eigenvalue weighted by Crippen LogP contribution is 2.35. The fourth-order valence-corrected chi connectivity index (χ4v) is 2.19. The van der Waals surface area contributed by atoms with Gasteiger partial charge in [-0.05, 0) is 42.5 Å². The van der Waals surface area contributed by atoms with Gasteiger partial charge in [0.15, 0.2) is 4.99 Å². The second-order valence-corrected chi connectivity index (χ2v) is 5.93. The predicted molar refractivity (Wildman–Crippen MR) is 90.4 cm³/mol. The molecule has 0 aliphatic heterocycles. The maximum Gasteiger partial charge on any atom is 0.418 e. The summed E-state index contributed by atoms with van der Waals surface area (Å²) in [7, 11) is 0. The lowest BCUT2D eigenvalue weighted by Crippen LogP contribution is -2.28. The van der Waals surface area contributed by atoms with E-state index in [1.54, 1.807) is 24.3 Å². The van der Waals surface area contributed by atoms with Crippen LogP contribution in [0.3, 0.4) is 0 Å². The molecular formula is C15H9BrF4N2OS. The molecule has 0 bridgehead atoms. The van der Waals surface area contributed by atoms with Crippen LogP contribution in [0.2, 0.25) is 0 Å². The molecule has 24 heavy (non-hydrogen) atoms. The first-order valence-electron chi connectivity index (χ1n) is 6.41. The van der Waals surface area contributed by atoms with Crippen LogP contribution in [0.25, 0.3) is 0 Å². The number of carbonyl (C=O) groups is 1. The molecule has 1 amide bonds. The summed E-state index contributed by atoms with van der Waals surface area (Å²) in [5.74, 6) is -2.00. The molecular weight excluding hydrogens is 412 g/mol. The molecule has 2 rings (SSSR count). The second-order valence-electron chi connectivity index (χ2n) is 4.60. The highest BCUT2D eigenvalue weighted by Gasteiger charge is 2.34. The quantitative estimate of drug-likeness (QED) is 0.531. The van der Waals surface area contributed by atoms with Crippen molar-refractivity contribution >= 4 is 50.4 Å². The number of carbonyl (C=O) groups excluding carboxylic acids is 1. The zero-order chi connectivity index (χ0) is 17.9. The molecule has 126 valence electrons. The van der Waals surface area contributed by atoms with Gasteiger partial charge in [0.25, 0.3) is 5.91 Å². The van der Waals surface area contributed by atoms with Gasteiger partial charge in [0.1, 0.15) is 5.82 Å².